The van der Waals surface area contributed by atoms with Gasteiger partial charge in [-0.2, -0.15) is 0 Å². The van der Waals surface area contributed by atoms with Crippen LogP contribution in [0.5, 0.6) is 0 Å². The monoisotopic (exact) mass is 187 g/mol. The van der Waals surface area contributed by atoms with Crippen molar-refractivity contribution in [3.05, 3.63) is 0 Å². The third kappa shape index (κ3) is 2.66. The second-order valence-electron chi connectivity index (χ2n) is 4.97. The molecule has 1 aliphatic carbocycles. The van der Waals surface area contributed by atoms with E-state index in [1.807, 2.05) is 13.8 Å². The normalized spacial score (nSPS) is 21.2. The van der Waals surface area contributed by atoms with Gasteiger partial charge in [0, 0.05) is 24.1 Å². The van der Waals surface area contributed by atoms with Crippen LogP contribution in [0.25, 0.3) is 0 Å². The molecule has 0 heterocycles. The van der Waals surface area contributed by atoms with Gasteiger partial charge in [0.15, 0.2) is 0 Å². The molecular formula is C10H21NO2. The van der Waals surface area contributed by atoms with Gasteiger partial charge in [0.05, 0.1) is 6.61 Å². The summed E-state index contributed by atoms with van der Waals surface area (Å²) in [4.78, 5) is 0. The third-order valence-corrected chi connectivity index (χ3v) is 2.98. The van der Waals surface area contributed by atoms with Crippen molar-refractivity contribution in [3.63, 3.8) is 0 Å². The van der Waals surface area contributed by atoms with Crippen molar-refractivity contribution in [3.8, 4) is 0 Å². The van der Waals surface area contributed by atoms with Crippen molar-refractivity contribution < 1.29 is 10.2 Å². The lowest BCUT2D eigenvalue weighted by molar-refractivity contribution is 0.0658. The first kappa shape index (κ1) is 11.0. The fourth-order valence-corrected chi connectivity index (χ4v) is 1.48. The molecule has 1 fully saturated rings. The first-order valence-electron chi connectivity index (χ1n) is 5.00. The summed E-state index contributed by atoms with van der Waals surface area (Å²) in [6.07, 6.45) is 3.32. The van der Waals surface area contributed by atoms with Crippen LogP contribution in [0.4, 0.5) is 0 Å². The first-order valence-corrected chi connectivity index (χ1v) is 5.00. The summed E-state index contributed by atoms with van der Waals surface area (Å²) in [5.41, 5.74) is -0.121. The van der Waals surface area contributed by atoms with E-state index in [1.165, 1.54) is 6.42 Å². The Morgan fingerprint density at radius 1 is 1.31 bits per heavy atom. The Kier molecular flexibility index (Phi) is 3.33. The highest BCUT2D eigenvalue weighted by molar-refractivity contribution is 4.96. The van der Waals surface area contributed by atoms with Gasteiger partial charge in [0.1, 0.15) is 0 Å². The first-order chi connectivity index (χ1) is 6.04. The molecule has 1 rings (SSSR count). The summed E-state index contributed by atoms with van der Waals surface area (Å²) in [5.74, 6) is 0. The highest BCUT2D eigenvalue weighted by atomic mass is 16.3. The van der Waals surface area contributed by atoms with E-state index in [4.69, 9.17) is 5.11 Å². The maximum absolute atomic E-state index is 9.18. The van der Waals surface area contributed by atoms with Crippen LogP contribution in [0, 0.1) is 5.41 Å². The fourth-order valence-electron chi connectivity index (χ4n) is 1.48. The number of hydrogen-bond acceptors (Lipinski definition) is 3. The van der Waals surface area contributed by atoms with E-state index < -0.39 is 0 Å². The summed E-state index contributed by atoms with van der Waals surface area (Å²) < 4.78 is 0. The maximum atomic E-state index is 9.18. The van der Waals surface area contributed by atoms with Crippen molar-refractivity contribution in [1.82, 2.24) is 5.32 Å². The van der Waals surface area contributed by atoms with Gasteiger partial charge in [-0.25, -0.2) is 0 Å². The molecule has 0 aliphatic heterocycles. The van der Waals surface area contributed by atoms with Crippen LogP contribution in [0.2, 0.25) is 0 Å². The minimum Gasteiger partial charge on any atom is -0.396 e. The molecule has 0 amide bonds. The van der Waals surface area contributed by atoms with Crippen LogP contribution < -0.4 is 5.32 Å². The molecule has 0 atom stereocenters. The van der Waals surface area contributed by atoms with Gasteiger partial charge in [-0.3, -0.25) is 0 Å². The molecule has 0 radical (unpaired) electrons. The van der Waals surface area contributed by atoms with Crippen molar-refractivity contribution in [2.45, 2.75) is 38.6 Å². The summed E-state index contributed by atoms with van der Waals surface area (Å²) in [7, 11) is 0. The fraction of sp³-hybridized carbons (Fsp3) is 1.00. The van der Waals surface area contributed by atoms with Gasteiger partial charge >= 0.3 is 0 Å². The van der Waals surface area contributed by atoms with Crippen LogP contribution in [0.3, 0.4) is 0 Å². The van der Waals surface area contributed by atoms with Crippen molar-refractivity contribution in [2.75, 3.05) is 19.8 Å². The maximum Gasteiger partial charge on any atom is 0.0613 e. The number of rotatable bonds is 5. The molecule has 3 heteroatoms. The van der Waals surface area contributed by atoms with Gasteiger partial charge in [-0.15, -0.1) is 0 Å². The van der Waals surface area contributed by atoms with E-state index >= 15 is 0 Å². The van der Waals surface area contributed by atoms with Crippen molar-refractivity contribution >= 4 is 0 Å². The van der Waals surface area contributed by atoms with Crippen molar-refractivity contribution in [1.29, 1.82) is 0 Å². The lowest BCUT2D eigenvalue weighted by Crippen LogP contribution is -2.56. The van der Waals surface area contributed by atoms with E-state index in [2.05, 4.69) is 5.32 Å². The summed E-state index contributed by atoms with van der Waals surface area (Å²) >= 11 is 0. The Morgan fingerprint density at radius 3 is 2.23 bits per heavy atom. The largest absolute Gasteiger partial charge is 0.396 e. The van der Waals surface area contributed by atoms with Crippen LogP contribution >= 0.6 is 0 Å². The molecule has 0 aromatic carbocycles. The van der Waals surface area contributed by atoms with Gasteiger partial charge in [-0.1, -0.05) is 13.8 Å². The highest BCUT2D eigenvalue weighted by Gasteiger charge is 2.36. The predicted molar refractivity (Wildman–Crippen MR) is 52.5 cm³/mol. The second kappa shape index (κ2) is 3.95. The zero-order chi connectivity index (χ0) is 9.95. The van der Waals surface area contributed by atoms with E-state index in [1.54, 1.807) is 0 Å². The lowest BCUT2D eigenvalue weighted by atomic mass is 9.76. The quantitative estimate of drug-likeness (QED) is 0.588. The average molecular weight is 187 g/mol. The van der Waals surface area contributed by atoms with E-state index in [-0.39, 0.29) is 24.2 Å². The van der Waals surface area contributed by atoms with Crippen LogP contribution in [0.1, 0.15) is 33.1 Å². The van der Waals surface area contributed by atoms with Gasteiger partial charge < -0.3 is 15.5 Å². The molecule has 0 unspecified atom stereocenters. The van der Waals surface area contributed by atoms with E-state index in [0.717, 1.165) is 19.4 Å². The highest BCUT2D eigenvalue weighted by Crippen LogP contribution is 2.31. The number of hydrogen-bond donors (Lipinski definition) is 3. The third-order valence-electron chi connectivity index (χ3n) is 2.98. The second-order valence-corrected chi connectivity index (χ2v) is 4.97. The molecule has 0 aromatic heterocycles. The van der Waals surface area contributed by atoms with Gasteiger partial charge in [-0.05, 0) is 19.3 Å². The van der Waals surface area contributed by atoms with E-state index in [0.29, 0.717) is 0 Å². The van der Waals surface area contributed by atoms with Crippen molar-refractivity contribution in [2.24, 2.45) is 5.41 Å². The Balaban J connectivity index is 2.32. The molecule has 0 aromatic rings. The summed E-state index contributed by atoms with van der Waals surface area (Å²) in [6, 6.07) is 0. The molecule has 0 spiro atoms. The Labute approximate surface area is 80.2 Å². The molecule has 0 saturated heterocycles. The zero-order valence-corrected chi connectivity index (χ0v) is 8.64. The van der Waals surface area contributed by atoms with Gasteiger partial charge in [0.25, 0.3) is 0 Å². The molecule has 1 aliphatic rings. The van der Waals surface area contributed by atoms with Crippen LogP contribution in [-0.2, 0) is 0 Å². The Morgan fingerprint density at radius 2 is 1.92 bits per heavy atom. The van der Waals surface area contributed by atoms with E-state index in [9.17, 15) is 5.11 Å². The number of aliphatic hydroxyl groups is 2. The van der Waals surface area contributed by atoms with Gasteiger partial charge in [0.2, 0.25) is 0 Å². The minimum atomic E-state index is -0.0856. The average Bonchev–Trinajstić information content (AvgIpc) is 2.03. The van der Waals surface area contributed by atoms with Crippen LogP contribution in [0.15, 0.2) is 0 Å². The molecule has 13 heavy (non-hydrogen) atoms. The molecule has 1 saturated carbocycles. The summed E-state index contributed by atoms with van der Waals surface area (Å²) in [6.45, 7) is 5.20. The topological polar surface area (TPSA) is 52.5 Å². The zero-order valence-electron chi connectivity index (χ0n) is 8.64. The minimum absolute atomic E-state index is 0.0353. The Bertz CT molecular complexity index is 159. The molecule has 3 N–H and O–H groups in total. The lowest BCUT2D eigenvalue weighted by Gasteiger charge is -2.43. The molecule has 78 valence electrons. The number of aliphatic hydroxyl groups excluding tert-OH is 2. The number of nitrogens with one attached hydrogen (secondary N) is 1. The predicted octanol–water partition coefficient (Wildman–Crippen LogP) is 0.509. The standard InChI is InChI=1S/C10H21NO2/c1-9(2,7-12)6-11-10(8-13)4-3-5-10/h11-13H,3-8H2,1-2H3. The molecule has 3 nitrogen and oxygen atoms in total. The molecular weight excluding hydrogens is 166 g/mol. The van der Waals surface area contributed by atoms with Crippen LogP contribution in [-0.4, -0.2) is 35.5 Å². The molecule has 0 bridgehead atoms. The SMILES string of the molecule is CC(C)(CO)CNC1(CO)CCC1. The summed E-state index contributed by atoms with van der Waals surface area (Å²) in [5, 5.41) is 21.6. The smallest absolute Gasteiger partial charge is 0.0613 e. The Hall–Kier alpha value is -0.120.